The van der Waals surface area contributed by atoms with E-state index in [0.29, 0.717) is 12.2 Å². The second-order valence-corrected chi connectivity index (χ2v) is 9.01. The Labute approximate surface area is 165 Å². The highest BCUT2D eigenvalue weighted by atomic mass is 32.2. The maximum Gasteiger partial charge on any atom is 0.416 e. The lowest BCUT2D eigenvalue weighted by atomic mass is 10.2. The van der Waals surface area contributed by atoms with Crippen molar-refractivity contribution in [2.75, 3.05) is 21.9 Å². The van der Waals surface area contributed by atoms with E-state index < -0.39 is 21.8 Å². The zero-order chi connectivity index (χ0) is 20.5. The van der Waals surface area contributed by atoms with Gasteiger partial charge in [0.15, 0.2) is 0 Å². The molecule has 0 atom stereocenters. The number of carbonyl (C=O) groups is 1. The van der Waals surface area contributed by atoms with Gasteiger partial charge in [0.2, 0.25) is 5.91 Å². The predicted molar refractivity (Wildman–Crippen MR) is 102 cm³/mol. The highest BCUT2D eigenvalue weighted by Crippen LogP contribution is 2.36. The Morgan fingerprint density at radius 1 is 1.18 bits per heavy atom. The molecule has 150 valence electrons. The summed E-state index contributed by atoms with van der Waals surface area (Å²) in [6.45, 7) is 1.88. The van der Waals surface area contributed by atoms with Crippen LogP contribution in [-0.4, -0.2) is 26.6 Å². The maximum absolute atomic E-state index is 12.9. The van der Waals surface area contributed by atoms with Crippen LogP contribution in [0.2, 0.25) is 0 Å². The molecule has 1 heterocycles. The van der Waals surface area contributed by atoms with Crippen molar-refractivity contribution in [3.8, 4) is 0 Å². The number of fused-ring (bicyclic) bond motifs is 1. The molecule has 0 bridgehead atoms. The summed E-state index contributed by atoms with van der Waals surface area (Å²) in [5, 5.41) is 0. The number of thioether (sulfide) groups is 1. The van der Waals surface area contributed by atoms with Crippen molar-refractivity contribution >= 4 is 39.1 Å². The van der Waals surface area contributed by atoms with Crippen LogP contribution in [0.4, 0.5) is 24.5 Å². The first kappa shape index (κ1) is 20.5. The van der Waals surface area contributed by atoms with E-state index in [-0.39, 0.29) is 16.5 Å². The number of nitrogens with zero attached hydrogens (tertiary/aromatic N) is 1. The molecule has 5 nitrogen and oxygen atoms in total. The Morgan fingerprint density at radius 3 is 2.61 bits per heavy atom. The number of hydrogen-bond donors (Lipinski definition) is 1. The minimum absolute atomic E-state index is 0.127. The van der Waals surface area contributed by atoms with Crippen molar-refractivity contribution in [1.29, 1.82) is 0 Å². The fourth-order valence-electron chi connectivity index (χ4n) is 2.82. The van der Waals surface area contributed by atoms with Gasteiger partial charge in [0.05, 0.1) is 16.1 Å². The Hall–Kier alpha value is -2.20. The van der Waals surface area contributed by atoms with Gasteiger partial charge in [-0.3, -0.25) is 9.52 Å². The molecular weight excluding hydrogens is 413 g/mol. The molecule has 0 unspecified atom stereocenters. The first-order valence-electron chi connectivity index (χ1n) is 8.33. The molecule has 0 spiro atoms. The largest absolute Gasteiger partial charge is 0.416 e. The van der Waals surface area contributed by atoms with E-state index in [2.05, 4.69) is 4.72 Å². The van der Waals surface area contributed by atoms with E-state index in [9.17, 15) is 26.4 Å². The first-order chi connectivity index (χ1) is 13.1. The fraction of sp³-hybridized carbons (Fsp3) is 0.278. The maximum atomic E-state index is 12.9. The normalized spacial score (nSPS) is 14.9. The Kier molecular flexibility index (Phi) is 5.62. The van der Waals surface area contributed by atoms with Gasteiger partial charge in [-0.05, 0) is 48.6 Å². The van der Waals surface area contributed by atoms with Crippen molar-refractivity contribution in [2.45, 2.75) is 29.3 Å². The van der Waals surface area contributed by atoms with Gasteiger partial charge in [0, 0.05) is 24.1 Å². The van der Waals surface area contributed by atoms with Gasteiger partial charge in [-0.15, -0.1) is 11.8 Å². The third-order valence-electron chi connectivity index (χ3n) is 4.14. The topological polar surface area (TPSA) is 66.5 Å². The molecule has 0 saturated heterocycles. The summed E-state index contributed by atoms with van der Waals surface area (Å²) in [5.74, 6) is 0.592. The molecule has 1 amide bonds. The molecule has 2 aromatic carbocycles. The molecule has 0 radical (unpaired) electrons. The Morgan fingerprint density at radius 2 is 1.93 bits per heavy atom. The summed E-state index contributed by atoms with van der Waals surface area (Å²) in [4.78, 5) is 14.1. The average molecular weight is 430 g/mol. The molecule has 0 aromatic heterocycles. The van der Waals surface area contributed by atoms with E-state index >= 15 is 0 Å². The highest BCUT2D eigenvalue weighted by Gasteiger charge is 2.31. The number of sulfonamides is 1. The van der Waals surface area contributed by atoms with Gasteiger partial charge in [0.1, 0.15) is 0 Å². The third-order valence-corrected chi connectivity index (χ3v) is 6.67. The Bertz CT molecular complexity index is 1010. The van der Waals surface area contributed by atoms with Crippen LogP contribution in [0.1, 0.15) is 18.9 Å². The monoisotopic (exact) mass is 430 g/mol. The van der Waals surface area contributed by atoms with Gasteiger partial charge in [-0.25, -0.2) is 8.42 Å². The van der Waals surface area contributed by atoms with Crippen molar-refractivity contribution in [2.24, 2.45) is 0 Å². The summed E-state index contributed by atoms with van der Waals surface area (Å²) in [6.07, 6.45) is -3.81. The lowest BCUT2D eigenvalue weighted by Crippen LogP contribution is -2.29. The number of anilines is 2. The van der Waals surface area contributed by atoms with Crippen LogP contribution in [0, 0.1) is 0 Å². The second-order valence-electron chi connectivity index (χ2n) is 6.19. The number of alkyl halides is 3. The van der Waals surface area contributed by atoms with Crippen molar-refractivity contribution < 1.29 is 26.4 Å². The summed E-state index contributed by atoms with van der Waals surface area (Å²) >= 11 is 1.52. The number of benzene rings is 2. The molecule has 1 aliphatic heterocycles. The number of carbonyl (C=O) groups excluding carboxylic acids is 1. The zero-order valence-corrected chi connectivity index (χ0v) is 16.4. The summed E-state index contributed by atoms with van der Waals surface area (Å²) in [7, 11) is -4.13. The van der Waals surface area contributed by atoms with E-state index in [1.165, 1.54) is 41.8 Å². The molecule has 10 heteroatoms. The summed E-state index contributed by atoms with van der Waals surface area (Å²) in [6, 6.07) is 8.35. The van der Waals surface area contributed by atoms with E-state index in [4.69, 9.17) is 0 Å². The second kappa shape index (κ2) is 7.67. The van der Waals surface area contributed by atoms with E-state index in [1.54, 1.807) is 6.07 Å². The van der Waals surface area contributed by atoms with Crippen molar-refractivity contribution in [3.05, 3.63) is 48.0 Å². The number of hydrogen-bond acceptors (Lipinski definition) is 4. The van der Waals surface area contributed by atoms with Crippen LogP contribution in [0.25, 0.3) is 0 Å². The van der Waals surface area contributed by atoms with Crippen molar-refractivity contribution in [3.63, 3.8) is 0 Å². The molecule has 2 aromatic rings. The fourth-order valence-corrected chi connectivity index (χ4v) is 4.87. The minimum Gasteiger partial charge on any atom is -0.311 e. The van der Waals surface area contributed by atoms with Gasteiger partial charge in [-0.1, -0.05) is 6.07 Å². The SMILES string of the molecule is CC(=O)N1CCCSc2ccc(S(=O)(=O)Nc3cccc(C(F)(F)F)c3)cc21. The molecular formula is C18H17F3N2O3S2. The van der Waals surface area contributed by atoms with Gasteiger partial charge < -0.3 is 4.90 Å². The number of amides is 1. The quantitative estimate of drug-likeness (QED) is 0.786. The lowest BCUT2D eigenvalue weighted by molar-refractivity contribution is -0.137. The molecule has 1 aliphatic rings. The molecule has 28 heavy (non-hydrogen) atoms. The number of nitrogens with one attached hydrogen (secondary N) is 1. The highest BCUT2D eigenvalue weighted by molar-refractivity contribution is 7.99. The number of rotatable bonds is 3. The zero-order valence-electron chi connectivity index (χ0n) is 14.8. The minimum atomic E-state index is -4.58. The van der Waals surface area contributed by atoms with Gasteiger partial charge in [0.25, 0.3) is 10.0 Å². The summed E-state index contributed by atoms with van der Waals surface area (Å²) < 4.78 is 66.1. The predicted octanol–water partition coefficient (Wildman–Crippen LogP) is 4.35. The molecule has 0 saturated carbocycles. The van der Waals surface area contributed by atoms with Crippen LogP contribution in [0.15, 0.2) is 52.3 Å². The first-order valence-corrected chi connectivity index (χ1v) is 10.8. The summed E-state index contributed by atoms with van der Waals surface area (Å²) in [5.41, 5.74) is -0.654. The molecule has 3 rings (SSSR count). The standard InChI is InChI=1S/C18H17F3N2O3S2/c1-12(24)23-8-3-9-27-17-7-6-15(11-16(17)23)28(25,26)22-14-5-2-4-13(10-14)18(19,20)21/h2,4-7,10-11,22H,3,8-9H2,1H3. The third kappa shape index (κ3) is 4.44. The molecule has 0 aliphatic carbocycles. The van der Waals surface area contributed by atoms with Crippen LogP contribution in [-0.2, 0) is 21.0 Å². The van der Waals surface area contributed by atoms with Crippen LogP contribution in [0.5, 0.6) is 0 Å². The molecule has 1 N–H and O–H groups in total. The van der Waals surface area contributed by atoms with Gasteiger partial charge >= 0.3 is 6.18 Å². The van der Waals surface area contributed by atoms with Crippen LogP contribution >= 0.6 is 11.8 Å². The number of halogens is 3. The average Bonchev–Trinajstić information content (AvgIpc) is 2.82. The smallest absolute Gasteiger partial charge is 0.311 e. The van der Waals surface area contributed by atoms with E-state index in [0.717, 1.165) is 35.3 Å². The van der Waals surface area contributed by atoms with Gasteiger partial charge in [-0.2, -0.15) is 13.2 Å². The van der Waals surface area contributed by atoms with Crippen molar-refractivity contribution in [1.82, 2.24) is 0 Å². The van der Waals surface area contributed by atoms with Crippen LogP contribution in [0.3, 0.4) is 0 Å². The van der Waals surface area contributed by atoms with Crippen LogP contribution < -0.4 is 9.62 Å². The van der Waals surface area contributed by atoms with E-state index in [1.807, 2.05) is 0 Å². The lowest BCUT2D eigenvalue weighted by Gasteiger charge is -2.21. The Balaban J connectivity index is 1.96. The molecule has 0 fully saturated rings.